The Morgan fingerprint density at radius 3 is 0.756 bits per heavy atom. The largest absolute Gasteiger partial charge is 0.462 e. The summed E-state index contributed by atoms with van der Waals surface area (Å²) in [6.45, 7) is 6.44. The molecule has 82 heavy (non-hydrogen) atoms. The minimum atomic E-state index is -0.786. The molecule has 0 amide bonds. The zero-order valence-electron chi connectivity index (χ0n) is 54.2. The number of carbonyl (C=O) groups excluding carboxylic acids is 3. The smallest absolute Gasteiger partial charge is 0.306 e. The molecule has 1 unspecified atom stereocenters. The molecule has 0 radical (unpaired) electrons. The topological polar surface area (TPSA) is 78.9 Å². The third-order valence-electron chi connectivity index (χ3n) is 15.3. The van der Waals surface area contributed by atoms with Crippen LogP contribution in [0.4, 0.5) is 0 Å². The molecule has 0 aromatic carbocycles. The normalized spacial score (nSPS) is 12.7. The average molecular weight is 1140 g/mol. The number of unbranched alkanes of at least 4 members (excludes halogenated alkanes) is 37. The summed E-state index contributed by atoms with van der Waals surface area (Å²) >= 11 is 0. The van der Waals surface area contributed by atoms with Crippen LogP contribution in [-0.2, 0) is 28.6 Å². The van der Waals surface area contributed by atoms with Gasteiger partial charge in [0, 0.05) is 19.3 Å². The van der Waals surface area contributed by atoms with E-state index in [1.54, 1.807) is 0 Å². The van der Waals surface area contributed by atoms with Gasteiger partial charge in [0.15, 0.2) is 6.10 Å². The number of ether oxygens (including phenoxy) is 3. The molecule has 6 nitrogen and oxygen atoms in total. The lowest BCUT2D eigenvalue weighted by atomic mass is 10.0. The Labute approximate surface area is 508 Å². The molecule has 1 atom stereocenters. The molecule has 0 heterocycles. The van der Waals surface area contributed by atoms with Gasteiger partial charge in [0.25, 0.3) is 0 Å². The van der Waals surface area contributed by atoms with Gasteiger partial charge in [-0.2, -0.15) is 0 Å². The first kappa shape index (κ1) is 78.3. The monoisotopic (exact) mass is 1140 g/mol. The molecule has 0 saturated carbocycles. The van der Waals surface area contributed by atoms with E-state index in [2.05, 4.69) is 118 Å². The standard InChI is InChI=1S/C76H132O6/c1-4-7-10-13-16-19-22-25-28-31-32-33-34-35-36-37-38-39-40-41-42-43-44-46-48-51-54-57-60-63-66-69-75(78)81-72-73(71-80-74(77)68-65-62-59-56-53-50-47-30-27-24-21-18-15-12-9-6-3)82-76(79)70-67-64-61-58-55-52-49-45-29-26-23-20-17-14-11-8-5-2/h7-8,10-11,16-17,19-20,25-26,28-30,32-33,47,73H,4-6,9,12-15,18,21-24,27,31,34-46,48-72H2,1-3H3/b10-7-,11-8-,19-16-,20-17-,28-25-,29-26-,33-32-,47-30-. The molecule has 0 bridgehead atoms. The molecule has 0 rings (SSSR count). The van der Waals surface area contributed by atoms with Gasteiger partial charge in [-0.1, -0.05) is 311 Å². The molecular formula is C76H132O6. The van der Waals surface area contributed by atoms with Crippen LogP contribution in [0.1, 0.15) is 348 Å². The van der Waals surface area contributed by atoms with Crippen molar-refractivity contribution < 1.29 is 28.6 Å². The molecule has 472 valence electrons. The number of hydrogen-bond donors (Lipinski definition) is 0. The summed E-state index contributed by atoms with van der Waals surface area (Å²) in [5.74, 6) is -0.882. The molecular weight excluding hydrogens is 1010 g/mol. The zero-order valence-corrected chi connectivity index (χ0v) is 54.2. The van der Waals surface area contributed by atoms with E-state index in [-0.39, 0.29) is 31.1 Å². The summed E-state index contributed by atoms with van der Waals surface area (Å²) in [6.07, 6.45) is 94.4. The summed E-state index contributed by atoms with van der Waals surface area (Å²) in [7, 11) is 0. The van der Waals surface area contributed by atoms with Crippen LogP contribution >= 0.6 is 0 Å². The highest BCUT2D eigenvalue weighted by Gasteiger charge is 2.19. The molecule has 0 fully saturated rings. The van der Waals surface area contributed by atoms with Crippen LogP contribution in [0.25, 0.3) is 0 Å². The van der Waals surface area contributed by atoms with E-state index in [0.717, 1.165) is 116 Å². The molecule has 0 aliphatic rings. The van der Waals surface area contributed by atoms with E-state index in [1.807, 2.05) is 0 Å². The molecule has 0 aromatic heterocycles. The van der Waals surface area contributed by atoms with Crippen molar-refractivity contribution in [1.29, 1.82) is 0 Å². The lowest BCUT2D eigenvalue weighted by Gasteiger charge is -2.18. The van der Waals surface area contributed by atoms with Gasteiger partial charge in [0.1, 0.15) is 13.2 Å². The van der Waals surface area contributed by atoms with Crippen molar-refractivity contribution in [2.24, 2.45) is 0 Å². The van der Waals surface area contributed by atoms with E-state index in [0.29, 0.717) is 19.3 Å². The minimum Gasteiger partial charge on any atom is -0.462 e. The van der Waals surface area contributed by atoms with E-state index < -0.39 is 6.10 Å². The summed E-state index contributed by atoms with van der Waals surface area (Å²) in [5.41, 5.74) is 0. The van der Waals surface area contributed by atoms with Crippen LogP contribution in [0.2, 0.25) is 0 Å². The van der Waals surface area contributed by atoms with Crippen molar-refractivity contribution >= 4 is 17.9 Å². The van der Waals surface area contributed by atoms with Gasteiger partial charge < -0.3 is 14.2 Å². The fourth-order valence-corrected chi connectivity index (χ4v) is 10.1. The molecule has 0 spiro atoms. The maximum atomic E-state index is 12.9. The van der Waals surface area contributed by atoms with E-state index in [9.17, 15) is 14.4 Å². The first-order valence-electron chi connectivity index (χ1n) is 35.2. The summed E-state index contributed by atoms with van der Waals surface area (Å²) < 4.78 is 17.0. The number of hydrogen-bond acceptors (Lipinski definition) is 6. The second kappa shape index (κ2) is 69.8. The second-order valence-corrected chi connectivity index (χ2v) is 23.4. The lowest BCUT2D eigenvalue weighted by molar-refractivity contribution is -0.167. The Kier molecular flexibility index (Phi) is 66.7. The molecule has 6 heteroatoms. The summed E-state index contributed by atoms with van der Waals surface area (Å²) in [6, 6.07) is 0. The van der Waals surface area contributed by atoms with Crippen LogP contribution in [0.5, 0.6) is 0 Å². The minimum absolute atomic E-state index is 0.0809. The van der Waals surface area contributed by atoms with Gasteiger partial charge in [0.05, 0.1) is 0 Å². The van der Waals surface area contributed by atoms with E-state index in [4.69, 9.17) is 14.2 Å². The SMILES string of the molecule is CC/C=C\C/C=C\C/C=C\C/C=C\CCCCCCCCCCCCCCCCCCCCC(=O)OCC(COC(=O)CCCCCCC/C=C\CCCCCCCCC)OC(=O)CCCCCCCCC/C=C\C/C=C\C/C=C\CC. The first-order valence-corrected chi connectivity index (χ1v) is 35.2. The fraction of sp³-hybridized carbons (Fsp3) is 0.750. The quantitative estimate of drug-likeness (QED) is 0.0261. The van der Waals surface area contributed by atoms with Crippen LogP contribution < -0.4 is 0 Å². The maximum Gasteiger partial charge on any atom is 0.306 e. The third kappa shape index (κ3) is 67.1. The highest BCUT2D eigenvalue weighted by Crippen LogP contribution is 2.17. The Morgan fingerprint density at radius 2 is 0.476 bits per heavy atom. The van der Waals surface area contributed by atoms with Crippen molar-refractivity contribution in [3.63, 3.8) is 0 Å². The van der Waals surface area contributed by atoms with Crippen LogP contribution in [0.15, 0.2) is 97.2 Å². The lowest BCUT2D eigenvalue weighted by Crippen LogP contribution is -2.30. The predicted octanol–water partition coefficient (Wildman–Crippen LogP) is 24.4. The predicted molar refractivity (Wildman–Crippen MR) is 357 cm³/mol. The maximum absolute atomic E-state index is 12.9. The van der Waals surface area contributed by atoms with Crippen molar-refractivity contribution in [3.8, 4) is 0 Å². The van der Waals surface area contributed by atoms with Crippen LogP contribution in [0.3, 0.4) is 0 Å². The van der Waals surface area contributed by atoms with Crippen molar-refractivity contribution in [3.05, 3.63) is 97.2 Å². The van der Waals surface area contributed by atoms with Crippen LogP contribution in [-0.4, -0.2) is 37.2 Å². The number of rotatable bonds is 64. The Bertz CT molecular complexity index is 1590. The van der Waals surface area contributed by atoms with Crippen molar-refractivity contribution in [1.82, 2.24) is 0 Å². The highest BCUT2D eigenvalue weighted by atomic mass is 16.6. The second-order valence-electron chi connectivity index (χ2n) is 23.4. The Balaban J connectivity index is 4.24. The average Bonchev–Trinajstić information content (AvgIpc) is 3.48. The number of carbonyl (C=O) groups is 3. The molecule has 0 aromatic rings. The Morgan fingerprint density at radius 1 is 0.256 bits per heavy atom. The molecule has 0 aliphatic carbocycles. The summed E-state index contributed by atoms with van der Waals surface area (Å²) in [4.78, 5) is 38.4. The molecule has 0 N–H and O–H groups in total. The number of allylic oxidation sites excluding steroid dienone is 16. The van der Waals surface area contributed by atoms with E-state index in [1.165, 1.54) is 193 Å². The van der Waals surface area contributed by atoms with Crippen molar-refractivity contribution in [2.45, 2.75) is 354 Å². The number of esters is 3. The van der Waals surface area contributed by atoms with Crippen molar-refractivity contribution in [2.75, 3.05) is 13.2 Å². The molecule has 0 aliphatic heterocycles. The van der Waals surface area contributed by atoms with Gasteiger partial charge >= 0.3 is 17.9 Å². The third-order valence-corrected chi connectivity index (χ3v) is 15.3. The Hall–Kier alpha value is -3.67. The van der Waals surface area contributed by atoms with Gasteiger partial charge in [-0.15, -0.1) is 0 Å². The zero-order chi connectivity index (χ0) is 59.2. The van der Waals surface area contributed by atoms with Gasteiger partial charge in [-0.3, -0.25) is 14.4 Å². The van der Waals surface area contributed by atoms with Gasteiger partial charge in [-0.25, -0.2) is 0 Å². The van der Waals surface area contributed by atoms with E-state index >= 15 is 0 Å². The van der Waals surface area contributed by atoms with Gasteiger partial charge in [-0.05, 0) is 116 Å². The molecule has 0 saturated heterocycles. The summed E-state index contributed by atoms with van der Waals surface area (Å²) in [5, 5.41) is 0. The van der Waals surface area contributed by atoms with Gasteiger partial charge in [0.2, 0.25) is 0 Å². The first-order chi connectivity index (χ1) is 40.5. The van der Waals surface area contributed by atoms with Crippen LogP contribution in [0, 0.1) is 0 Å². The highest BCUT2D eigenvalue weighted by molar-refractivity contribution is 5.71. The fourth-order valence-electron chi connectivity index (χ4n) is 10.1.